The lowest BCUT2D eigenvalue weighted by Crippen LogP contribution is -2.31. The highest BCUT2D eigenvalue weighted by atomic mass is 32.2. The van der Waals surface area contributed by atoms with E-state index in [2.05, 4.69) is 35.9 Å². The summed E-state index contributed by atoms with van der Waals surface area (Å²) in [5.74, 6) is 0.490. The number of thiazole rings is 1. The van der Waals surface area contributed by atoms with Crippen molar-refractivity contribution in [1.29, 1.82) is 0 Å². The molecule has 0 saturated heterocycles. The van der Waals surface area contributed by atoms with Gasteiger partial charge in [0.2, 0.25) is 0 Å². The Morgan fingerprint density at radius 3 is 2.47 bits per heavy atom. The lowest BCUT2D eigenvalue weighted by Gasteiger charge is -2.26. The summed E-state index contributed by atoms with van der Waals surface area (Å²) in [4.78, 5) is 16.9. The molecule has 2 heterocycles. The number of nitrogens with one attached hydrogen (secondary N) is 1. The molecule has 2 aliphatic rings. The van der Waals surface area contributed by atoms with Crippen LogP contribution in [0, 0.1) is 5.92 Å². The monoisotopic (exact) mass is 527 g/mol. The fraction of sp³-hybridized carbons (Fsp3) is 0.385. The molecule has 8 nitrogen and oxygen atoms in total. The van der Waals surface area contributed by atoms with Crippen molar-refractivity contribution in [2.45, 2.75) is 51.6 Å². The van der Waals surface area contributed by atoms with Crippen molar-refractivity contribution in [2.75, 3.05) is 11.8 Å². The smallest absolute Gasteiger partial charge is 0.335 e. The zero-order valence-electron chi connectivity index (χ0n) is 20.2. The minimum absolute atomic E-state index is 0.0104. The Labute approximate surface area is 215 Å². The summed E-state index contributed by atoms with van der Waals surface area (Å²) in [6.45, 7) is 2.74. The standard InChI is InChI=1S/C26H29N3O5S2/c1-16-3-5-17(6-4-16)18-7-9-19(10-8-18)25-27-22-14-29(15-24(22)35-25)36(32,33)28-21-12-11-20(26(30)31)13-23(21)34-2/h7-13,16-17,28H,3-6,14-15H2,1-2H3,(H,30,31)/t16-,17-. The fourth-order valence-electron chi connectivity index (χ4n) is 4.91. The molecule has 0 spiro atoms. The first-order valence-corrected chi connectivity index (χ1v) is 14.3. The van der Waals surface area contributed by atoms with Gasteiger partial charge in [-0.25, -0.2) is 9.78 Å². The summed E-state index contributed by atoms with van der Waals surface area (Å²) >= 11 is 1.52. The molecule has 0 unspecified atom stereocenters. The highest BCUT2D eigenvalue weighted by molar-refractivity contribution is 7.90. The molecule has 10 heteroatoms. The number of hydrogen-bond donors (Lipinski definition) is 2. The Balaban J connectivity index is 1.26. The first-order valence-electron chi connectivity index (χ1n) is 12.0. The van der Waals surface area contributed by atoms with Crippen molar-refractivity contribution in [2.24, 2.45) is 5.92 Å². The van der Waals surface area contributed by atoms with E-state index in [0.717, 1.165) is 27.1 Å². The van der Waals surface area contributed by atoms with E-state index in [9.17, 15) is 13.2 Å². The average Bonchev–Trinajstić information content (AvgIpc) is 3.45. The van der Waals surface area contributed by atoms with Crippen LogP contribution in [0.5, 0.6) is 5.75 Å². The van der Waals surface area contributed by atoms with E-state index in [1.54, 1.807) is 0 Å². The quantitative estimate of drug-likeness (QED) is 0.421. The van der Waals surface area contributed by atoms with E-state index in [0.29, 0.717) is 5.92 Å². The van der Waals surface area contributed by atoms with Crippen molar-refractivity contribution in [3.05, 3.63) is 64.2 Å². The number of aromatic carboxylic acids is 1. The molecule has 1 fully saturated rings. The maximum Gasteiger partial charge on any atom is 0.335 e. The lowest BCUT2D eigenvalue weighted by molar-refractivity contribution is 0.0696. The zero-order chi connectivity index (χ0) is 25.4. The number of benzene rings is 2. The first-order chi connectivity index (χ1) is 17.2. The minimum atomic E-state index is -3.89. The molecule has 0 amide bonds. The van der Waals surface area contributed by atoms with Crippen LogP contribution in [-0.4, -0.2) is 35.9 Å². The Hall–Kier alpha value is -2.95. The topological polar surface area (TPSA) is 109 Å². The third-order valence-electron chi connectivity index (χ3n) is 7.10. The molecule has 0 atom stereocenters. The molecule has 36 heavy (non-hydrogen) atoms. The Morgan fingerprint density at radius 2 is 1.83 bits per heavy atom. The number of fused-ring (bicyclic) bond motifs is 1. The van der Waals surface area contributed by atoms with Gasteiger partial charge in [0.05, 0.1) is 37.1 Å². The van der Waals surface area contributed by atoms with Gasteiger partial charge in [-0.15, -0.1) is 11.3 Å². The van der Waals surface area contributed by atoms with Gasteiger partial charge in [-0.2, -0.15) is 12.7 Å². The molecule has 190 valence electrons. The van der Waals surface area contributed by atoms with Crippen LogP contribution in [0.2, 0.25) is 0 Å². The summed E-state index contributed by atoms with van der Waals surface area (Å²) in [5, 5.41) is 10.1. The second kappa shape index (κ2) is 9.84. The van der Waals surface area contributed by atoms with Gasteiger partial charge in [0.15, 0.2) is 0 Å². The first kappa shape index (κ1) is 24.7. The van der Waals surface area contributed by atoms with Crippen molar-refractivity contribution in [3.63, 3.8) is 0 Å². The van der Waals surface area contributed by atoms with Gasteiger partial charge in [0, 0.05) is 10.4 Å². The van der Waals surface area contributed by atoms with E-state index in [4.69, 9.17) is 14.8 Å². The number of aromatic nitrogens is 1. The van der Waals surface area contributed by atoms with Gasteiger partial charge in [-0.1, -0.05) is 44.0 Å². The van der Waals surface area contributed by atoms with E-state index in [-0.39, 0.29) is 30.1 Å². The number of ether oxygens (including phenoxy) is 1. The molecule has 1 aliphatic carbocycles. The molecule has 2 N–H and O–H groups in total. The summed E-state index contributed by atoms with van der Waals surface area (Å²) < 4.78 is 35.1. The van der Waals surface area contributed by atoms with E-state index in [1.807, 2.05) is 0 Å². The Bertz CT molecular complexity index is 1350. The summed E-state index contributed by atoms with van der Waals surface area (Å²) in [7, 11) is -2.53. The SMILES string of the molecule is COc1cc(C(=O)O)ccc1NS(=O)(=O)N1Cc2nc(-c3ccc([C@H]4CC[C@H](C)CC4)cc3)sc2C1. The van der Waals surface area contributed by atoms with Gasteiger partial charge >= 0.3 is 16.2 Å². The molecule has 1 aromatic heterocycles. The van der Waals surface area contributed by atoms with Crippen molar-refractivity contribution < 1.29 is 23.1 Å². The molecular formula is C26H29N3O5S2. The minimum Gasteiger partial charge on any atom is -0.495 e. The maximum atomic E-state index is 13.0. The van der Waals surface area contributed by atoms with Crippen LogP contribution in [-0.2, 0) is 23.3 Å². The molecular weight excluding hydrogens is 498 g/mol. The van der Waals surface area contributed by atoms with Crippen LogP contribution < -0.4 is 9.46 Å². The molecule has 1 saturated carbocycles. The van der Waals surface area contributed by atoms with Gasteiger partial charge in [-0.05, 0) is 48.4 Å². The molecule has 0 radical (unpaired) electrons. The number of carboxylic acids is 1. The molecule has 1 aliphatic heterocycles. The van der Waals surface area contributed by atoms with Crippen molar-refractivity contribution >= 4 is 33.2 Å². The van der Waals surface area contributed by atoms with Gasteiger partial charge < -0.3 is 9.84 Å². The Kier molecular flexibility index (Phi) is 6.76. The molecule has 3 aromatic rings. The van der Waals surface area contributed by atoms with Crippen LogP contribution in [0.25, 0.3) is 10.6 Å². The predicted octanol–water partition coefficient (Wildman–Crippen LogP) is 5.48. The van der Waals surface area contributed by atoms with E-state index in [1.165, 1.54) is 72.2 Å². The zero-order valence-corrected chi connectivity index (χ0v) is 21.9. The van der Waals surface area contributed by atoms with Crippen LogP contribution >= 0.6 is 11.3 Å². The highest BCUT2D eigenvalue weighted by Crippen LogP contribution is 2.38. The van der Waals surface area contributed by atoms with Crippen LogP contribution in [0.4, 0.5) is 5.69 Å². The van der Waals surface area contributed by atoms with Crippen molar-refractivity contribution in [1.82, 2.24) is 9.29 Å². The van der Waals surface area contributed by atoms with Gasteiger partial charge in [-0.3, -0.25) is 4.72 Å². The van der Waals surface area contributed by atoms with E-state index < -0.39 is 16.2 Å². The number of anilines is 1. The predicted molar refractivity (Wildman–Crippen MR) is 140 cm³/mol. The average molecular weight is 528 g/mol. The van der Waals surface area contributed by atoms with Crippen molar-refractivity contribution in [3.8, 4) is 16.3 Å². The lowest BCUT2D eigenvalue weighted by atomic mass is 9.79. The second-order valence-electron chi connectivity index (χ2n) is 9.56. The number of carbonyl (C=O) groups is 1. The third kappa shape index (κ3) is 4.98. The second-order valence-corrected chi connectivity index (χ2v) is 12.3. The highest BCUT2D eigenvalue weighted by Gasteiger charge is 2.33. The van der Waals surface area contributed by atoms with E-state index >= 15 is 0 Å². The third-order valence-corrected chi connectivity index (χ3v) is 9.64. The number of hydrogen-bond acceptors (Lipinski definition) is 6. The number of carboxylic acid groups (broad SMARTS) is 1. The van der Waals surface area contributed by atoms with Crippen LogP contribution in [0.1, 0.15) is 65.0 Å². The Morgan fingerprint density at radius 1 is 1.11 bits per heavy atom. The molecule has 5 rings (SSSR count). The van der Waals surface area contributed by atoms with Gasteiger partial charge in [0.1, 0.15) is 10.8 Å². The summed E-state index contributed by atoms with van der Waals surface area (Å²) in [6.07, 6.45) is 5.08. The van der Waals surface area contributed by atoms with Crippen LogP contribution in [0.3, 0.4) is 0 Å². The summed E-state index contributed by atoms with van der Waals surface area (Å²) in [6, 6.07) is 12.7. The van der Waals surface area contributed by atoms with Crippen LogP contribution in [0.15, 0.2) is 42.5 Å². The number of methoxy groups -OCH3 is 1. The molecule has 0 bridgehead atoms. The maximum absolute atomic E-state index is 13.0. The number of rotatable bonds is 7. The fourth-order valence-corrected chi connectivity index (χ4v) is 7.25. The largest absolute Gasteiger partial charge is 0.495 e. The summed E-state index contributed by atoms with van der Waals surface area (Å²) in [5.41, 5.74) is 3.40. The normalized spacial score (nSPS) is 20.2. The van der Waals surface area contributed by atoms with Gasteiger partial charge in [0.25, 0.3) is 0 Å². The molecule has 2 aromatic carbocycles. The number of nitrogens with zero attached hydrogens (tertiary/aromatic N) is 2.